The van der Waals surface area contributed by atoms with Crippen LogP contribution < -0.4 is 11.2 Å². The fraction of sp³-hybridized carbons (Fsp3) is 0.385. The molecule has 1 aromatic carbocycles. The van der Waals surface area contributed by atoms with Gasteiger partial charge in [-0.25, -0.2) is 9.86 Å². The summed E-state index contributed by atoms with van der Waals surface area (Å²) in [5.41, 5.74) is -0.0697. The number of aliphatic hydroxyl groups is 1. The third kappa shape index (κ3) is 4.02. The van der Waals surface area contributed by atoms with Crippen LogP contribution in [0.5, 0.6) is 0 Å². The van der Waals surface area contributed by atoms with Crippen LogP contribution in [0.15, 0.2) is 52.3 Å². The van der Waals surface area contributed by atoms with E-state index in [4.69, 9.17) is 4.84 Å². The second-order valence-electron chi connectivity index (χ2n) is 10.1. The number of benzene rings is 1. The minimum atomic E-state index is -1.20. The zero-order chi connectivity index (χ0) is 25.8. The summed E-state index contributed by atoms with van der Waals surface area (Å²) in [4.78, 5) is 50.3. The van der Waals surface area contributed by atoms with Crippen molar-refractivity contribution in [3.8, 4) is 0 Å². The van der Waals surface area contributed by atoms with E-state index in [0.29, 0.717) is 12.1 Å². The minimum absolute atomic E-state index is 0.0410. The molecule has 3 aromatic heterocycles. The Morgan fingerprint density at radius 2 is 1.97 bits per heavy atom. The third-order valence-electron chi connectivity index (χ3n) is 6.43. The highest BCUT2D eigenvalue weighted by Gasteiger charge is 2.38. The lowest BCUT2D eigenvalue weighted by molar-refractivity contribution is -0.0801. The lowest BCUT2D eigenvalue weighted by atomic mass is 10.1. The monoisotopic (exact) mass is 491 g/mol. The van der Waals surface area contributed by atoms with Crippen molar-refractivity contribution in [2.75, 3.05) is 13.2 Å². The number of amides is 1. The van der Waals surface area contributed by atoms with Crippen molar-refractivity contribution in [2.45, 2.75) is 39.5 Å². The number of hydrogen-bond acceptors (Lipinski definition) is 6. The number of carbonyl (C=O) groups excluding carboxylic acids is 1. The SMILES string of the molecule is CC(C)Cn1c(=O)n(C)c(=O)c2c(C(=O)N3CC(C)(O)CO3)n(Cc3cccc4cccnc34)cc21. The molecule has 1 N–H and O–H groups in total. The Bertz CT molecular complexity index is 1610. The molecule has 4 aromatic rings. The number of para-hydroxylation sites is 1. The summed E-state index contributed by atoms with van der Waals surface area (Å²) >= 11 is 0. The standard InChI is InChI=1S/C26H29N5O5/c1-16(2)11-30-19-13-29(12-18-8-5-7-17-9-6-10-27-21(17)18)22(20(19)23(32)28(4)25(30)34)24(33)31-14-26(3,35)15-36-31/h5-10,13,16,35H,11-12,14-15H2,1-4H3. The summed E-state index contributed by atoms with van der Waals surface area (Å²) < 4.78 is 4.26. The molecule has 4 heterocycles. The molecule has 1 aliphatic heterocycles. The van der Waals surface area contributed by atoms with Gasteiger partial charge in [0.2, 0.25) is 0 Å². The van der Waals surface area contributed by atoms with Crippen molar-refractivity contribution < 1.29 is 14.7 Å². The van der Waals surface area contributed by atoms with Crippen LogP contribution in [-0.4, -0.2) is 53.5 Å². The van der Waals surface area contributed by atoms with Gasteiger partial charge < -0.3 is 9.67 Å². The van der Waals surface area contributed by atoms with Crippen molar-refractivity contribution >= 4 is 27.7 Å². The van der Waals surface area contributed by atoms with Crippen LogP contribution in [0.25, 0.3) is 21.8 Å². The lowest BCUT2D eigenvalue weighted by Gasteiger charge is -2.18. The number of rotatable bonds is 5. The molecule has 10 nitrogen and oxygen atoms in total. The topological polar surface area (TPSA) is 112 Å². The maximum atomic E-state index is 13.8. The average Bonchev–Trinajstić information content (AvgIpc) is 3.40. The molecule has 1 amide bonds. The maximum Gasteiger partial charge on any atom is 0.331 e. The maximum absolute atomic E-state index is 13.8. The van der Waals surface area contributed by atoms with E-state index in [-0.39, 0.29) is 36.7 Å². The molecule has 1 fully saturated rings. The van der Waals surface area contributed by atoms with Gasteiger partial charge in [0.1, 0.15) is 17.9 Å². The van der Waals surface area contributed by atoms with Crippen LogP contribution >= 0.6 is 0 Å². The van der Waals surface area contributed by atoms with Crippen molar-refractivity contribution in [3.63, 3.8) is 0 Å². The molecule has 1 aliphatic rings. The Kier molecular flexibility index (Phi) is 5.80. The normalized spacial score (nSPS) is 18.1. The third-order valence-corrected chi connectivity index (χ3v) is 6.43. The Hall–Kier alpha value is -3.76. The van der Waals surface area contributed by atoms with Crippen LogP contribution in [0.3, 0.4) is 0 Å². The zero-order valence-electron chi connectivity index (χ0n) is 20.8. The zero-order valence-corrected chi connectivity index (χ0v) is 20.8. The number of fused-ring (bicyclic) bond motifs is 2. The van der Waals surface area contributed by atoms with Gasteiger partial charge in [0.25, 0.3) is 11.5 Å². The first kappa shape index (κ1) is 24.0. The fourth-order valence-corrected chi connectivity index (χ4v) is 4.74. The molecule has 0 radical (unpaired) electrons. The molecule has 0 saturated carbocycles. The van der Waals surface area contributed by atoms with Gasteiger partial charge in [-0.3, -0.25) is 28.5 Å². The van der Waals surface area contributed by atoms with E-state index in [1.54, 1.807) is 23.9 Å². The molecule has 0 bridgehead atoms. The van der Waals surface area contributed by atoms with E-state index < -0.39 is 22.8 Å². The number of carbonyl (C=O) groups is 1. The molecular formula is C26H29N5O5. The van der Waals surface area contributed by atoms with E-state index in [9.17, 15) is 19.5 Å². The molecular weight excluding hydrogens is 462 g/mol. The number of β-amino-alcohol motifs (C(OH)–C–C–N with tert-alkyl or cyclic N) is 1. The molecule has 1 unspecified atom stereocenters. The van der Waals surface area contributed by atoms with Gasteiger partial charge >= 0.3 is 5.69 Å². The Balaban J connectivity index is 1.77. The molecule has 188 valence electrons. The van der Waals surface area contributed by atoms with Crippen LogP contribution in [-0.2, 0) is 25.0 Å². The Morgan fingerprint density at radius 3 is 2.67 bits per heavy atom. The number of pyridine rings is 1. The van der Waals surface area contributed by atoms with Crippen LogP contribution in [0.4, 0.5) is 0 Å². The highest BCUT2D eigenvalue weighted by molar-refractivity contribution is 6.05. The number of hydrogen-bond donors (Lipinski definition) is 1. The number of aromatic nitrogens is 4. The van der Waals surface area contributed by atoms with Gasteiger partial charge in [0, 0.05) is 31.4 Å². The van der Waals surface area contributed by atoms with Gasteiger partial charge in [-0.15, -0.1) is 0 Å². The summed E-state index contributed by atoms with van der Waals surface area (Å²) in [7, 11) is 1.41. The minimum Gasteiger partial charge on any atom is -0.386 e. The summed E-state index contributed by atoms with van der Waals surface area (Å²) in [6.07, 6.45) is 3.39. The van der Waals surface area contributed by atoms with Crippen molar-refractivity contribution in [3.05, 3.63) is 74.8 Å². The first-order valence-electron chi connectivity index (χ1n) is 11.9. The van der Waals surface area contributed by atoms with Crippen molar-refractivity contribution in [1.29, 1.82) is 0 Å². The van der Waals surface area contributed by atoms with E-state index in [2.05, 4.69) is 4.98 Å². The quantitative estimate of drug-likeness (QED) is 0.456. The molecule has 0 spiro atoms. The smallest absolute Gasteiger partial charge is 0.331 e. The van der Waals surface area contributed by atoms with Crippen LogP contribution in [0.2, 0.25) is 0 Å². The predicted molar refractivity (Wildman–Crippen MR) is 135 cm³/mol. The summed E-state index contributed by atoms with van der Waals surface area (Å²) in [6, 6.07) is 9.61. The number of hydroxylamine groups is 2. The lowest BCUT2D eigenvalue weighted by Crippen LogP contribution is -2.40. The molecule has 0 aliphatic carbocycles. The van der Waals surface area contributed by atoms with Crippen LogP contribution in [0.1, 0.15) is 36.8 Å². The fourth-order valence-electron chi connectivity index (χ4n) is 4.74. The van der Waals surface area contributed by atoms with Crippen LogP contribution in [0, 0.1) is 5.92 Å². The van der Waals surface area contributed by atoms with Gasteiger partial charge in [0.05, 0.1) is 29.5 Å². The average molecular weight is 492 g/mol. The van der Waals surface area contributed by atoms with Gasteiger partial charge in [-0.05, 0) is 24.5 Å². The van der Waals surface area contributed by atoms with Crippen molar-refractivity contribution in [1.82, 2.24) is 23.7 Å². The highest BCUT2D eigenvalue weighted by atomic mass is 16.7. The predicted octanol–water partition coefficient (Wildman–Crippen LogP) is 1.89. The van der Waals surface area contributed by atoms with E-state index in [1.165, 1.54) is 11.6 Å². The van der Waals surface area contributed by atoms with Gasteiger partial charge in [0.15, 0.2) is 0 Å². The Labute approximate surface area is 206 Å². The molecule has 36 heavy (non-hydrogen) atoms. The van der Waals surface area contributed by atoms with E-state index >= 15 is 0 Å². The van der Waals surface area contributed by atoms with Crippen molar-refractivity contribution in [2.24, 2.45) is 13.0 Å². The molecule has 1 atom stereocenters. The molecule has 5 rings (SSSR count). The second kappa shape index (κ2) is 8.72. The second-order valence-corrected chi connectivity index (χ2v) is 10.1. The van der Waals surface area contributed by atoms with Gasteiger partial charge in [-0.2, -0.15) is 0 Å². The Morgan fingerprint density at radius 1 is 1.22 bits per heavy atom. The highest BCUT2D eigenvalue weighted by Crippen LogP contribution is 2.26. The number of nitrogens with zero attached hydrogens (tertiary/aromatic N) is 5. The summed E-state index contributed by atoms with van der Waals surface area (Å²) in [6.45, 7) is 6.08. The summed E-state index contributed by atoms with van der Waals surface area (Å²) in [5.74, 6) is -0.423. The first-order valence-corrected chi connectivity index (χ1v) is 11.9. The van der Waals surface area contributed by atoms with E-state index in [0.717, 1.165) is 26.1 Å². The van der Waals surface area contributed by atoms with E-state index in [1.807, 2.05) is 44.2 Å². The first-order chi connectivity index (χ1) is 17.1. The molecule has 10 heteroatoms. The molecule has 1 saturated heterocycles. The summed E-state index contributed by atoms with van der Waals surface area (Å²) in [5, 5.41) is 12.6. The van der Waals surface area contributed by atoms with Gasteiger partial charge in [-0.1, -0.05) is 38.1 Å². The largest absolute Gasteiger partial charge is 0.386 e.